The van der Waals surface area contributed by atoms with Gasteiger partial charge in [0.25, 0.3) is 0 Å². The van der Waals surface area contributed by atoms with Crippen molar-refractivity contribution < 1.29 is 8.78 Å². The molecule has 0 N–H and O–H groups in total. The van der Waals surface area contributed by atoms with Crippen molar-refractivity contribution in [2.45, 2.75) is 40.5 Å². The Morgan fingerprint density at radius 3 is 2.42 bits per heavy atom. The molecule has 0 aliphatic carbocycles. The van der Waals surface area contributed by atoms with E-state index in [-0.39, 0.29) is 24.0 Å². The van der Waals surface area contributed by atoms with Gasteiger partial charge in [0.1, 0.15) is 0 Å². The molecule has 126 valence electrons. The lowest BCUT2D eigenvalue weighted by Gasteiger charge is -2.07. The molecule has 0 amide bonds. The molecule has 0 heterocycles. The Labute approximate surface area is 141 Å². The highest BCUT2D eigenvalue weighted by molar-refractivity contribution is 6.40. The van der Waals surface area contributed by atoms with Gasteiger partial charge in [-0.3, -0.25) is 9.98 Å². The monoisotopic (exact) mass is 329 g/mol. The van der Waals surface area contributed by atoms with Crippen LogP contribution in [0.1, 0.15) is 45.2 Å². The van der Waals surface area contributed by atoms with Crippen molar-refractivity contribution in [1.29, 1.82) is 5.26 Å². The van der Waals surface area contributed by atoms with Crippen LogP contribution in [0, 0.1) is 23.0 Å². The summed E-state index contributed by atoms with van der Waals surface area (Å²) in [7, 11) is 0. The van der Waals surface area contributed by atoms with Crippen molar-refractivity contribution in [2.75, 3.05) is 0 Å². The van der Waals surface area contributed by atoms with Gasteiger partial charge in [-0.2, -0.15) is 5.26 Å². The SMILES string of the molecule is C\C=C/N=C(C)\C(C)=N\C=C(/C)c1ccc(CCC#N)c(F)c1F. The van der Waals surface area contributed by atoms with Gasteiger partial charge in [-0.1, -0.05) is 18.2 Å². The van der Waals surface area contributed by atoms with Gasteiger partial charge in [0.15, 0.2) is 11.6 Å². The quantitative estimate of drug-likeness (QED) is 0.659. The molecule has 0 unspecified atom stereocenters. The molecule has 5 heteroatoms. The molecule has 1 aromatic rings. The fraction of sp³-hybridized carbons (Fsp3) is 0.316. The molecule has 0 bridgehead atoms. The van der Waals surface area contributed by atoms with Crippen LogP contribution >= 0.6 is 0 Å². The van der Waals surface area contributed by atoms with Gasteiger partial charge < -0.3 is 0 Å². The number of aryl methyl sites for hydroxylation is 1. The second kappa shape index (κ2) is 9.51. The van der Waals surface area contributed by atoms with E-state index in [0.717, 1.165) is 5.71 Å². The zero-order chi connectivity index (χ0) is 18.1. The highest BCUT2D eigenvalue weighted by atomic mass is 19.2. The smallest absolute Gasteiger partial charge is 0.166 e. The van der Waals surface area contributed by atoms with Crippen molar-refractivity contribution in [3.8, 4) is 6.07 Å². The third-order valence-corrected chi connectivity index (χ3v) is 3.49. The first-order valence-electron chi connectivity index (χ1n) is 7.63. The molecular weight excluding hydrogens is 308 g/mol. The number of allylic oxidation sites excluding steroid dienone is 2. The zero-order valence-electron chi connectivity index (χ0n) is 14.4. The summed E-state index contributed by atoms with van der Waals surface area (Å²) in [6.07, 6.45) is 5.32. The molecular formula is C19H21F2N3. The van der Waals surface area contributed by atoms with Crippen LogP contribution in [0.15, 0.2) is 40.6 Å². The summed E-state index contributed by atoms with van der Waals surface area (Å²) in [6.45, 7) is 7.16. The molecule has 0 fully saturated rings. The van der Waals surface area contributed by atoms with Gasteiger partial charge in [0, 0.05) is 24.4 Å². The number of benzene rings is 1. The van der Waals surface area contributed by atoms with Crippen molar-refractivity contribution in [3.05, 3.63) is 53.4 Å². The van der Waals surface area contributed by atoms with Crippen LogP contribution in [-0.4, -0.2) is 11.4 Å². The first kappa shape index (κ1) is 19.4. The summed E-state index contributed by atoms with van der Waals surface area (Å²) in [4.78, 5) is 8.43. The van der Waals surface area contributed by atoms with Crippen LogP contribution in [0.5, 0.6) is 0 Å². The predicted octanol–water partition coefficient (Wildman–Crippen LogP) is 5.24. The molecule has 0 saturated carbocycles. The fourth-order valence-corrected chi connectivity index (χ4v) is 1.91. The third kappa shape index (κ3) is 5.24. The van der Waals surface area contributed by atoms with Gasteiger partial charge in [0.2, 0.25) is 0 Å². The topological polar surface area (TPSA) is 48.5 Å². The number of rotatable bonds is 6. The van der Waals surface area contributed by atoms with Crippen LogP contribution < -0.4 is 0 Å². The first-order chi connectivity index (χ1) is 11.4. The lowest BCUT2D eigenvalue weighted by molar-refractivity contribution is 0.496. The molecule has 0 radical (unpaired) electrons. The highest BCUT2D eigenvalue weighted by Crippen LogP contribution is 2.23. The minimum Gasteiger partial charge on any atom is -0.260 e. The Balaban J connectivity index is 3.09. The summed E-state index contributed by atoms with van der Waals surface area (Å²) < 4.78 is 28.2. The number of halogens is 2. The number of aliphatic imine (C=N–C) groups is 2. The third-order valence-electron chi connectivity index (χ3n) is 3.49. The number of hydrogen-bond acceptors (Lipinski definition) is 3. The van der Waals surface area contributed by atoms with Crippen molar-refractivity contribution >= 4 is 17.0 Å². The van der Waals surface area contributed by atoms with Crippen LogP contribution in [0.3, 0.4) is 0 Å². The number of nitriles is 1. The fourth-order valence-electron chi connectivity index (χ4n) is 1.91. The first-order valence-corrected chi connectivity index (χ1v) is 7.63. The van der Waals surface area contributed by atoms with Gasteiger partial charge in [-0.05, 0) is 45.3 Å². The maximum Gasteiger partial charge on any atom is 0.166 e. The van der Waals surface area contributed by atoms with Gasteiger partial charge in [-0.15, -0.1) is 0 Å². The van der Waals surface area contributed by atoms with Crippen molar-refractivity contribution in [2.24, 2.45) is 9.98 Å². The standard InChI is InChI=1S/C19H21F2N3/c1-5-11-23-14(3)15(4)24-12-13(2)17-9-8-16(7-6-10-22)18(20)19(17)21/h5,8-9,11-12H,6-7H2,1-4H3/b11-5-,13-12+,23-14-,24-15+. The summed E-state index contributed by atoms with van der Waals surface area (Å²) in [6, 6.07) is 4.95. The average molecular weight is 329 g/mol. The molecule has 1 rings (SSSR count). The van der Waals surface area contributed by atoms with Gasteiger partial charge >= 0.3 is 0 Å². The molecule has 0 atom stereocenters. The normalized spacial score (nSPS) is 13.5. The minimum atomic E-state index is -0.911. The maximum absolute atomic E-state index is 14.2. The summed E-state index contributed by atoms with van der Waals surface area (Å²) >= 11 is 0. The Hall–Kier alpha value is -2.61. The van der Waals surface area contributed by atoms with E-state index in [1.54, 1.807) is 20.0 Å². The number of nitrogens with zero attached hydrogens (tertiary/aromatic N) is 3. The Morgan fingerprint density at radius 2 is 1.79 bits per heavy atom. The highest BCUT2D eigenvalue weighted by Gasteiger charge is 2.14. The van der Waals surface area contributed by atoms with E-state index in [9.17, 15) is 8.78 Å². The molecule has 3 nitrogen and oxygen atoms in total. The lowest BCUT2D eigenvalue weighted by Crippen LogP contribution is -2.04. The van der Waals surface area contributed by atoms with Crippen LogP contribution in [0.2, 0.25) is 0 Å². The molecule has 1 aromatic carbocycles. The van der Waals surface area contributed by atoms with Crippen LogP contribution in [0.25, 0.3) is 5.57 Å². The second-order valence-electron chi connectivity index (χ2n) is 5.28. The van der Waals surface area contributed by atoms with Gasteiger partial charge in [-0.25, -0.2) is 8.78 Å². The van der Waals surface area contributed by atoms with Crippen LogP contribution in [0.4, 0.5) is 8.78 Å². The zero-order valence-corrected chi connectivity index (χ0v) is 14.4. The van der Waals surface area contributed by atoms with Crippen LogP contribution in [-0.2, 0) is 6.42 Å². The summed E-state index contributed by atoms with van der Waals surface area (Å²) in [5.74, 6) is -1.81. The number of hydrogen-bond donors (Lipinski definition) is 0. The molecule has 0 aromatic heterocycles. The maximum atomic E-state index is 14.2. The molecule has 24 heavy (non-hydrogen) atoms. The Morgan fingerprint density at radius 1 is 1.12 bits per heavy atom. The Bertz CT molecular complexity index is 751. The Kier molecular flexibility index (Phi) is 7.70. The largest absolute Gasteiger partial charge is 0.260 e. The molecule has 0 saturated heterocycles. The van der Waals surface area contributed by atoms with Crippen molar-refractivity contribution in [3.63, 3.8) is 0 Å². The van der Waals surface area contributed by atoms with E-state index in [1.807, 2.05) is 26.0 Å². The van der Waals surface area contributed by atoms with E-state index in [2.05, 4.69) is 9.98 Å². The summed E-state index contributed by atoms with van der Waals surface area (Å²) in [5, 5.41) is 8.55. The van der Waals surface area contributed by atoms with E-state index >= 15 is 0 Å². The lowest BCUT2D eigenvalue weighted by atomic mass is 10.0. The van der Waals surface area contributed by atoms with E-state index < -0.39 is 11.6 Å². The molecule has 0 aliphatic rings. The molecule has 0 spiro atoms. The molecule has 0 aliphatic heterocycles. The minimum absolute atomic E-state index is 0.152. The second-order valence-corrected chi connectivity index (χ2v) is 5.28. The summed E-state index contributed by atoms with van der Waals surface area (Å²) in [5.41, 5.74) is 2.32. The van der Waals surface area contributed by atoms with Gasteiger partial charge in [0.05, 0.1) is 17.5 Å². The van der Waals surface area contributed by atoms with E-state index in [0.29, 0.717) is 11.3 Å². The van der Waals surface area contributed by atoms with E-state index in [1.165, 1.54) is 18.3 Å². The predicted molar refractivity (Wildman–Crippen MR) is 95.0 cm³/mol. The van der Waals surface area contributed by atoms with Crippen molar-refractivity contribution in [1.82, 2.24) is 0 Å². The average Bonchev–Trinajstić information content (AvgIpc) is 2.58. The van der Waals surface area contributed by atoms with E-state index in [4.69, 9.17) is 5.26 Å².